The number of nitrogens with one attached hydrogen (secondary N) is 1. The molecule has 0 unspecified atom stereocenters. The number of methoxy groups -OCH3 is 1. The largest absolute Gasteiger partial charge is 0.497 e. The Morgan fingerprint density at radius 3 is 2.00 bits per heavy atom. The molecule has 0 heterocycles. The van der Waals surface area contributed by atoms with Crippen molar-refractivity contribution in [3.05, 3.63) is 90.5 Å². The molecule has 2 amide bonds. The zero-order chi connectivity index (χ0) is 29.3. The van der Waals surface area contributed by atoms with E-state index < -0.39 is 34.1 Å². The van der Waals surface area contributed by atoms with Crippen LogP contribution in [0.15, 0.2) is 89.8 Å². The van der Waals surface area contributed by atoms with Crippen LogP contribution in [0, 0.1) is 0 Å². The van der Waals surface area contributed by atoms with Crippen LogP contribution in [0.1, 0.15) is 39.7 Å². The fourth-order valence-corrected chi connectivity index (χ4v) is 5.78. The van der Waals surface area contributed by atoms with Crippen LogP contribution in [-0.2, 0) is 26.0 Å². The number of rotatable bonds is 12. The molecule has 8 nitrogen and oxygen atoms in total. The highest BCUT2D eigenvalue weighted by molar-refractivity contribution is 7.92. The monoisotopic (exact) mass is 565 g/mol. The highest BCUT2D eigenvalue weighted by Gasteiger charge is 2.34. The van der Waals surface area contributed by atoms with Gasteiger partial charge in [-0.2, -0.15) is 0 Å². The van der Waals surface area contributed by atoms with Crippen molar-refractivity contribution in [1.82, 2.24) is 10.2 Å². The van der Waals surface area contributed by atoms with Gasteiger partial charge in [0.1, 0.15) is 18.3 Å². The van der Waals surface area contributed by atoms with Gasteiger partial charge in [-0.25, -0.2) is 8.42 Å². The quantitative estimate of drug-likeness (QED) is 0.345. The predicted octanol–water partition coefficient (Wildman–Crippen LogP) is 4.66. The van der Waals surface area contributed by atoms with Gasteiger partial charge < -0.3 is 15.0 Å². The molecule has 3 aromatic rings. The van der Waals surface area contributed by atoms with Crippen LogP contribution in [0.2, 0.25) is 0 Å². The number of carbonyl (C=O) groups excluding carboxylic acids is 2. The van der Waals surface area contributed by atoms with Gasteiger partial charge in [0.25, 0.3) is 10.0 Å². The van der Waals surface area contributed by atoms with Crippen LogP contribution >= 0.6 is 0 Å². The summed E-state index contributed by atoms with van der Waals surface area (Å²) in [5.74, 6) is -0.193. The normalized spacial score (nSPS) is 12.3. The fourth-order valence-electron chi connectivity index (χ4n) is 4.35. The van der Waals surface area contributed by atoms with Gasteiger partial charge in [-0.3, -0.25) is 13.9 Å². The lowest BCUT2D eigenvalue weighted by Gasteiger charge is -2.34. The molecular formula is C31H39N3O5S. The number of hydrogen-bond donors (Lipinski definition) is 1. The van der Waals surface area contributed by atoms with Crippen LogP contribution in [0.4, 0.5) is 5.69 Å². The second-order valence-electron chi connectivity index (χ2n) is 10.5. The maximum Gasteiger partial charge on any atom is 0.264 e. The number of ether oxygens (including phenoxy) is 1. The molecule has 0 aromatic heterocycles. The van der Waals surface area contributed by atoms with Gasteiger partial charge in [0.05, 0.1) is 17.7 Å². The van der Waals surface area contributed by atoms with E-state index in [0.29, 0.717) is 24.3 Å². The Balaban J connectivity index is 2.01. The molecule has 0 spiro atoms. The second-order valence-corrected chi connectivity index (χ2v) is 12.4. The lowest BCUT2D eigenvalue weighted by Crippen LogP contribution is -2.56. The average Bonchev–Trinajstić information content (AvgIpc) is 2.93. The molecule has 0 saturated carbocycles. The van der Waals surface area contributed by atoms with Crippen molar-refractivity contribution in [1.29, 1.82) is 0 Å². The van der Waals surface area contributed by atoms with Crippen molar-refractivity contribution in [2.24, 2.45) is 0 Å². The van der Waals surface area contributed by atoms with Gasteiger partial charge in [-0.15, -0.1) is 0 Å². The number of benzene rings is 3. The number of amides is 2. The zero-order valence-electron chi connectivity index (χ0n) is 23.8. The number of sulfonamides is 1. The zero-order valence-corrected chi connectivity index (χ0v) is 24.6. The van der Waals surface area contributed by atoms with Gasteiger partial charge in [0.15, 0.2) is 0 Å². The van der Waals surface area contributed by atoms with E-state index in [0.717, 1.165) is 9.87 Å². The number of nitrogens with zero attached hydrogens (tertiary/aromatic N) is 2. The van der Waals surface area contributed by atoms with Crippen molar-refractivity contribution in [3.8, 4) is 5.75 Å². The summed E-state index contributed by atoms with van der Waals surface area (Å²) in [5, 5.41) is 2.98. The fraction of sp³-hybridized carbons (Fsp3) is 0.355. The number of anilines is 1. The molecule has 0 bridgehead atoms. The molecular weight excluding hydrogens is 526 g/mol. The number of carbonyl (C=O) groups is 2. The van der Waals surface area contributed by atoms with E-state index in [1.165, 1.54) is 24.1 Å². The maximum absolute atomic E-state index is 14.0. The highest BCUT2D eigenvalue weighted by Crippen LogP contribution is 2.26. The van der Waals surface area contributed by atoms with Gasteiger partial charge in [-0.05, 0) is 75.6 Å². The average molecular weight is 566 g/mol. The summed E-state index contributed by atoms with van der Waals surface area (Å²) in [7, 11) is -2.58. The Hall–Kier alpha value is -3.85. The third-order valence-corrected chi connectivity index (χ3v) is 8.13. The molecule has 0 aliphatic heterocycles. The molecule has 0 aliphatic carbocycles. The van der Waals surface area contributed by atoms with E-state index in [1.54, 1.807) is 42.5 Å². The molecule has 0 aliphatic rings. The predicted molar refractivity (Wildman–Crippen MR) is 158 cm³/mol. The van der Waals surface area contributed by atoms with Crippen molar-refractivity contribution < 1.29 is 22.7 Å². The molecule has 1 atom stereocenters. The maximum atomic E-state index is 14.0. The van der Waals surface area contributed by atoms with Crippen molar-refractivity contribution >= 4 is 27.5 Å². The summed E-state index contributed by atoms with van der Waals surface area (Å²) in [6, 6.07) is 23.4. The van der Waals surface area contributed by atoms with E-state index in [9.17, 15) is 18.0 Å². The van der Waals surface area contributed by atoms with Gasteiger partial charge >= 0.3 is 0 Å². The first-order valence-corrected chi connectivity index (χ1v) is 14.8. The Bertz CT molecular complexity index is 1360. The first-order chi connectivity index (χ1) is 19.0. The van der Waals surface area contributed by atoms with Crippen LogP contribution in [-0.4, -0.2) is 56.9 Å². The molecule has 1 N–H and O–H groups in total. The Morgan fingerprint density at radius 2 is 1.48 bits per heavy atom. The van der Waals surface area contributed by atoms with E-state index in [4.69, 9.17) is 4.74 Å². The van der Waals surface area contributed by atoms with Crippen molar-refractivity contribution in [2.45, 2.75) is 57.0 Å². The minimum Gasteiger partial charge on any atom is -0.497 e. The van der Waals surface area contributed by atoms with E-state index in [2.05, 4.69) is 5.32 Å². The SMILES string of the molecule is CC[C@@H](C(=O)NC(C)(C)C)N(CCc1ccccc1)C(=O)CN(c1ccc(OC)cc1)S(=O)(=O)c1ccccc1. The lowest BCUT2D eigenvalue weighted by molar-refractivity contribution is -0.140. The minimum absolute atomic E-state index is 0.0620. The Labute approximate surface area is 238 Å². The first kappa shape index (κ1) is 30.7. The molecule has 214 valence electrons. The summed E-state index contributed by atoms with van der Waals surface area (Å²) in [5.41, 5.74) is 0.827. The summed E-state index contributed by atoms with van der Waals surface area (Å²) >= 11 is 0. The first-order valence-electron chi connectivity index (χ1n) is 13.3. The van der Waals surface area contributed by atoms with Crippen molar-refractivity contribution in [2.75, 3.05) is 24.5 Å². The third-order valence-electron chi connectivity index (χ3n) is 6.34. The topological polar surface area (TPSA) is 96.0 Å². The van der Waals surface area contributed by atoms with Crippen molar-refractivity contribution in [3.63, 3.8) is 0 Å². The molecule has 0 fully saturated rings. The Kier molecular flexibility index (Phi) is 10.3. The van der Waals surface area contributed by atoms with Gasteiger partial charge in [0.2, 0.25) is 11.8 Å². The second kappa shape index (κ2) is 13.5. The number of hydrogen-bond acceptors (Lipinski definition) is 5. The smallest absolute Gasteiger partial charge is 0.264 e. The summed E-state index contributed by atoms with van der Waals surface area (Å²) < 4.78 is 34.0. The molecule has 3 aromatic carbocycles. The molecule has 40 heavy (non-hydrogen) atoms. The molecule has 3 rings (SSSR count). The van der Waals surface area contributed by atoms with Crippen LogP contribution in [0.5, 0.6) is 5.75 Å². The lowest BCUT2D eigenvalue weighted by atomic mass is 10.1. The van der Waals surface area contributed by atoms with E-state index >= 15 is 0 Å². The van der Waals surface area contributed by atoms with Crippen LogP contribution in [0.25, 0.3) is 0 Å². The molecule has 9 heteroatoms. The molecule has 0 radical (unpaired) electrons. The third kappa shape index (κ3) is 8.08. The van der Waals surface area contributed by atoms with E-state index in [-0.39, 0.29) is 17.3 Å². The minimum atomic E-state index is -4.11. The van der Waals surface area contributed by atoms with Gasteiger partial charge in [0, 0.05) is 12.1 Å². The van der Waals surface area contributed by atoms with Crippen LogP contribution in [0.3, 0.4) is 0 Å². The standard InChI is InChI=1S/C31H39N3O5S/c1-6-28(30(36)32-31(2,3)4)33(22-21-24-13-9-7-10-14-24)29(35)23-34(25-17-19-26(39-5)20-18-25)40(37,38)27-15-11-8-12-16-27/h7-20,28H,6,21-23H2,1-5H3,(H,32,36)/t28-/m0/s1. The van der Waals surface area contributed by atoms with Gasteiger partial charge in [-0.1, -0.05) is 55.5 Å². The highest BCUT2D eigenvalue weighted by atomic mass is 32.2. The summed E-state index contributed by atoms with van der Waals surface area (Å²) in [6.45, 7) is 7.26. The van der Waals surface area contributed by atoms with Crippen LogP contribution < -0.4 is 14.4 Å². The summed E-state index contributed by atoms with van der Waals surface area (Å²) in [6.07, 6.45) is 0.885. The van der Waals surface area contributed by atoms with E-state index in [1.807, 2.05) is 58.0 Å². The molecule has 0 saturated heterocycles. The summed E-state index contributed by atoms with van der Waals surface area (Å²) in [4.78, 5) is 28.9. The Morgan fingerprint density at radius 1 is 0.900 bits per heavy atom.